The molecule has 2 aromatic rings. The van der Waals surface area contributed by atoms with Crippen LogP contribution in [0.15, 0.2) is 62.8 Å². The molecule has 2 N–H and O–H groups in total. The lowest BCUT2D eigenvalue weighted by molar-refractivity contribution is 0.343. The quantitative estimate of drug-likeness (QED) is 0.609. The molecular weight excluding hydrogens is 374 g/mol. The number of thioether (sulfide) groups is 1. The van der Waals surface area contributed by atoms with Gasteiger partial charge in [0.1, 0.15) is 5.75 Å². The van der Waals surface area contributed by atoms with Gasteiger partial charge in [0.2, 0.25) is 10.0 Å². The van der Waals surface area contributed by atoms with E-state index in [9.17, 15) is 8.42 Å². The molecule has 0 spiro atoms. The first kappa shape index (κ1) is 16.4. The van der Waals surface area contributed by atoms with E-state index in [1.165, 1.54) is 17.0 Å². The smallest absolute Gasteiger partial charge is 0.238 e. The van der Waals surface area contributed by atoms with Crippen LogP contribution in [0.4, 0.5) is 0 Å². The maximum absolute atomic E-state index is 11.1. The van der Waals surface area contributed by atoms with Crippen molar-refractivity contribution in [3.8, 4) is 5.75 Å². The number of hydrogen-bond acceptors (Lipinski definition) is 4. The van der Waals surface area contributed by atoms with Crippen molar-refractivity contribution in [2.45, 2.75) is 9.79 Å². The average Bonchev–Trinajstić information content (AvgIpc) is 2.45. The van der Waals surface area contributed by atoms with E-state index in [1.54, 1.807) is 23.9 Å². The van der Waals surface area contributed by atoms with Gasteiger partial charge < -0.3 is 4.74 Å². The molecule has 7 heteroatoms. The second-order valence-corrected chi connectivity index (χ2v) is 7.81. The van der Waals surface area contributed by atoms with Gasteiger partial charge >= 0.3 is 0 Å². The van der Waals surface area contributed by atoms with Gasteiger partial charge in [-0.05, 0) is 48.5 Å². The first-order valence-corrected chi connectivity index (χ1v) is 9.42. The standard InChI is InChI=1S/C14H14BrNO3S2/c15-11-1-5-13(6-2-11)20-10-9-19-12-3-7-14(8-4-12)21(16,17)18/h1-8H,9-10H2,(H2,16,17,18). The summed E-state index contributed by atoms with van der Waals surface area (Å²) in [6.45, 7) is 0.537. The van der Waals surface area contributed by atoms with Crippen molar-refractivity contribution >= 4 is 37.7 Å². The SMILES string of the molecule is NS(=O)(=O)c1ccc(OCCSc2ccc(Br)cc2)cc1. The fraction of sp³-hybridized carbons (Fsp3) is 0.143. The van der Waals surface area contributed by atoms with Gasteiger partial charge in [-0.2, -0.15) is 0 Å². The molecular formula is C14H14BrNO3S2. The fourth-order valence-corrected chi connectivity index (χ4v) is 3.09. The molecule has 4 nitrogen and oxygen atoms in total. The van der Waals surface area contributed by atoms with Crippen molar-refractivity contribution in [3.63, 3.8) is 0 Å². The molecule has 0 radical (unpaired) electrons. The third-order valence-electron chi connectivity index (χ3n) is 2.59. The number of rotatable bonds is 6. The lowest BCUT2D eigenvalue weighted by Gasteiger charge is -2.07. The van der Waals surface area contributed by atoms with Gasteiger partial charge in [-0.3, -0.25) is 0 Å². The van der Waals surface area contributed by atoms with Crippen molar-refractivity contribution in [2.24, 2.45) is 5.14 Å². The number of ether oxygens (including phenoxy) is 1. The van der Waals surface area contributed by atoms with Gasteiger partial charge in [-0.15, -0.1) is 11.8 Å². The lowest BCUT2D eigenvalue weighted by Crippen LogP contribution is -2.11. The van der Waals surface area contributed by atoms with E-state index in [2.05, 4.69) is 15.9 Å². The molecule has 0 atom stereocenters. The molecule has 0 amide bonds. The normalized spacial score (nSPS) is 11.3. The Morgan fingerprint density at radius 1 is 1.05 bits per heavy atom. The molecule has 0 fully saturated rings. The maximum Gasteiger partial charge on any atom is 0.238 e. The number of benzene rings is 2. The van der Waals surface area contributed by atoms with E-state index in [0.717, 1.165) is 10.2 Å². The third-order valence-corrected chi connectivity index (χ3v) is 5.02. The van der Waals surface area contributed by atoms with Crippen molar-refractivity contribution < 1.29 is 13.2 Å². The topological polar surface area (TPSA) is 69.4 Å². The van der Waals surface area contributed by atoms with Gasteiger partial charge in [-0.1, -0.05) is 15.9 Å². The molecule has 2 rings (SSSR count). The molecule has 0 aliphatic rings. The Balaban J connectivity index is 1.80. The molecule has 112 valence electrons. The number of nitrogens with two attached hydrogens (primary N) is 1. The van der Waals surface area contributed by atoms with E-state index in [0.29, 0.717) is 12.4 Å². The van der Waals surface area contributed by atoms with Crippen molar-refractivity contribution in [1.82, 2.24) is 0 Å². The van der Waals surface area contributed by atoms with Crippen LogP contribution in [0, 0.1) is 0 Å². The second-order valence-electron chi connectivity index (χ2n) is 4.17. The van der Waals surface area contributed by atoms with Crippen LogP contribution in [-0.2, 0) is 10.0 Å². The summed E-state index contributed by atoms with van der Waals surface area (Å²) in [5, 5.41) is 5.03. The molecule has 0 aliphatic carbocycles. The summed E-state index contributed by atoms with van der Waals surface area (Å²) in [5.74, 6) is 1.43. The molecule has 0 saturated heterocycles. The molecule has 2 aromatic carbocycles. The van der Waals surface area contributed by atoms with Crippen LogP contribution in [0.5, 0.6) is 5.75 Å². The van der Waals surface area contributed by atoms with Crippen LogP contribution < -0.4 is 9.88 Å². The summed E-state index contributed by atoms with van der Waals surface area (Å²) in [6, 6.07) is 14.1. The van der Waals surface area contributed by atoms with Crippen LogP contribution in [0.2, 0.25) is 0 Å². The molecule has 0 unspecified atom stereocenters. The van der Waals surface area contributed by atoms with E-state index < -0.39 is 10.0 Å². The molecule has 0 heterocycles. The van der Waals surface area contributed by atoms with E-state index in [-0.39, 0.29) is 4.90 Å². The van der Waals surface area contributed by atoms with Gasteiger partial charge in [0.05, 0.1) is 11.5 Å². The number of sulfonamides is 1. The maximum atomic E-state index is 11.1. The van der Waals surface area contributed by atoms with Gasteiger partial charge in [0.25, 0.3) is 0 Å². The Morgan fingerprint density at radius 3 is 2.24 bits per heavy atom. The first-order valence-electron chi connectivity index (χ1n) is 6.09. The lowest BCUT2D eigenvalue weighted by atomic mass is 10.3. The molecule has 0 aliphatic heterocycles. The fourth-order valence-electron chi connectivity index (χ4n) is 1.58. The van der Waals surface area contributed by atoms with Crippen molar-refractivity contribution in [2.75, 3.05) is 12.4 Å². The van der Waals surface area contributed by atoms with Crippen molar-refractivity contribution in [1.29, 1.82) is 0 Å². The highest BCUT2D eigenvalue weighted by molar-refractivity contribution is 9.10. The van der Waals surface area contributed by atoms with Gasteiger partial charge in [0.15, 0.2) is 0 Å². The predicted octanol–water partition coefficient (Wildman–Crippen LogP) is 3.27. The van der Waals surface area contributed by atoms with E-state index in [4.69, 9.17) is 9.88 Å². The number of primary sulfonamides is 1. The van der Waals surface area contributed by atoms with Crippen LogP contribution in [0.25, 0.3) is 0 Å². The monoisotopic (exact) mass is 387 g/mol. The van der Waals surface area contributed by atoms with Gasteiger partial charge in [0, 0.05) is 15.1 Å². The first-order chi connectivity index (χ1) is 9.95. The highest BCUT2D eigenvalue weighted by Crippen LogP contribution is 2.21. The van der Waals surface area contributed by atoms with Crippen LogP contribution in [-0.4, -0.2) is 20.8 Å². The Labute approximate surface area is 136 Å². The summed E-state index contributed by atoms with van der Waals surface area (Å²) < 4.78 is 28.8. The minimum Gasteiger partial charge on any atom is -0.493 e. The van der Waals surface area contributed by atoms with Crippen LogP contribution in [0.1, 0.15) is 0 Å². The zero-order valence-electron chi connectivity index (χ0n) is 11.0. The van der Waals surface area contributed by atoms with Gasteiger partial charge in [-0.25, -0.2) is 13.6 Å². The van der Waals surface area contributed by atoms with Crippen molar-refractivity contribution in [3.05, 3.63) is 53.0 Å². The Kier molecular flexibility index (Phi) is 5.69. The Bertz CT molecular complexity index is 685. The number of halogens is 1. The summed E-state index contributed by atoms with van der Waals surface area (Å²) in [4.78, 5) is 1.26. The second kappa shape index (κ2) is 7.31. The Hall–Kier alpha value is -1.02. The zero-order chi connectivity index (χ0) is 15.3. The number of hydrogen-bond donors (Lipinski definition) is 1. The van der Waals surface area contributed by atoms with Crippen LogP contribution >= 0.6 is 27.7 Å². The summed E-state index contributed by atoms with van der Waals surface area (Å²) in [6.07, 6.45) is 0. The molecule has 0 saturated carbocycles. The molecule has 0 aromatic heterocycles. The highest BCUT2D eigenvalue weighted by Gasteiger charge is 2.06. The predicted molar refractivity (Wildman–Crippen MR) is 88.2 cm³/mol. The third kappa shape index (κ3) is 5.35. The summed E-state index contributed by atoms with van der Waals surface area (Å²) in [7, 11) is -3.65. The highest BCUT2D eigenvalue weighted by atomic mass is 79.9. The van der Waals surface area contributed by atoms with E-state index in [1.807, 2.05) is 24.3 Å². The van der Waals surface area contributed by atoms with E-state index >= 15 is 0 Å². The minimum absolute atomic E-state index is 0.0825. The average molecular weight is 388 g/mol. The zero-order valence-corrected chi connectivity index (χ0v) is 14.2. The molecule has 21 heavy (non-hydrogen) atoms. The summed E-state index contributed by atoms with van der Waals surface area (Å²) in [5.41, 5.74) is 0. The minimum atomic E-state index is -3.65. The largest absolute Gasteiger partial charge is 0.493 e. The summed E-state index contributed by atoms with van der Waals surface area (Å²) >= 11 is 5.09. The van der Waals surface area contributed by atoms with Crippen LogP contribution in [0.3, 0.4) is 0 Å². The molecule has 0 bridgehead atoms. The Morgan fingerprint density at radius 2 is 1.67 bits per heavy atom.